The molecule has 0 atom stereocenters. The predicted molar refractivity (Wildman–Crippen MR) is 75.0 cm³/mol. The molecule has 0 spiro atoms. The molecular weight excluding hydrogens is 243 g/mol. The molecule has 0 aliphatic carbocycles. The van der Waals surface area contributed by atoms with Gasteiger partial charge in [0.05, 0.1) is 0 Å². The van der Waals surface area contributed by atoms with Gasteiger partial charge in [-0.25, -0.2) is 0 Å². The van der Waals surface area contributed by atoms with Gasteiger partial charge in [-0.05, 0) is 70.7 Å². The van der Waals surface area contributed by atoms with Crippen molar-refractivity contribution in [1.29, 1.82) is 0 Å². The van der Waals surface area contributed by atoms with Crippen molar-refractivity contribution in [3.63, 3.8) is 0 Å². The van der Waals surface area contributed by atoms with E-state index in [4.69, 9.17) is 0 Å². The Labute approximate surface area is 112 Å². The molecule has 2 aliphatic rings. The Morgan fingerprint density at radius 2 is 1.56 bits per heavy atom. The molecule has 4 heteroatoms. The van der Waals surface area contributed by atoms with Crippen LogP contribution >= 0.6 is 24.8 Å². The number of nitrogens with one attached hydrogen (secondary N) is 1. The van der Waals surface area contributed by atoms with Gasteiger partial charge in [0.2, 0.25) is 0 Å². The van der Waals surface area contributed by atoms with E-state index >= 15 is 0 Å². The lowest BCUT2D eigenvalue weighted by molar-refractivity contribution is 0.203. The molecule has 0 aromatic rings. The summed E-state index contributed by atoms with van der Waals surface area (Å²) >= 11 is 0. The zero-order valence-electron chi connectivity index (χ0n) is 10.1. The highest BCUT2D eigenvalue weighted by Crippen LogP contribution is 2.17. The minimum absolute atomic E-state index is 0. The maximum Gasteiger partial charge on any atom is -0.00161 e. The largest absolute Gasteiger partial charge is 0.317 e. The second-order valence-corrected chi connectivity index (χ2v) is 4.88. The molecule has 2 saturated heterocycles. The summed E-state index contributed by atoms with van der Waals surface area (Å²) in [6.07, 6.45) is 8.60. The number of halogens is 2. The van der Waals surface area contributed by atoms with Crippen LogP contribution in [-0.4, -0.2) is 37.6 Å². The fourth-order valence-corrected chi connectivity index (χ4v) is 2.72. The summed E-state index contributed by atoms with van der Waals surface area (Å²) in [7, 11) is 0. The summed E-state index contributed by atoms with van der Waals surface area (Å²) in [4.78, 5) is 2.67. The lowest BCUT2D eigenvalue weighted by Crippen LogP contribution is -2.34. The zero-order valence-corrected chi connectivity index (χ0v) is 11.8. The Morgan fingerprint density at radius 1 is 0.938 bits per heavy atom. The Kier molecular flexibility index (Phi) is 9.82. The molecule has 1 N–H and O–H groups in total. The van der Waals surface area contributed by atoms with Crippen molar-refractivity contribution in [2.75, 3.05) is 32.7 Å². The molecule has 2 nitrogen and oxygen atoms in total. The molecule has 0 aromatic heterocycles. The van der Waals surface area contributed by atoms with Gasteiger partial charge in [0.25, 0.3) is 0 Å². The maximum atomic E-state index is 3.44. The van der Waals surface area contributed by atoms with Crippen LogP contribution in [0.2, 0.25) is 0 Å². The predicted octanol–water partition coefficient (Wildman–Crippen LogP) is 2.71. The fraction of sp³-hybridized carbons (Fsp3) is 1.00. The van der Waals surface area contributed by atoms with Crippen molar-refractivity contribution < 1.29 is 0 Å². The Hall–Kier alpha value is 0.500. The van der Waals surface area contributed by atoms with Crippen LogP contribution in [0, 0.1) is 5.92 Å². The summed E-state index contributed by atoms with van der Waals surface area (Å²) in [5.74, 6) is 1.01. The number of hydrogen-bond acceptors (Lipinski definition) is 2. The maximum absolute atomic E-state index is 3.44. The first kappa shape index (κ1) is 16.5. The number of rotatable bonds is 3. The molecule has 2 fully saturated rings. The topological polar surface area (TPSA) is 15.3 Å². The third-order valence-corrected chi connectivity index (χ3v) is 3.76. The monoisotopic (exact) mass is 268 g/mol. The Balaban J connectivity index is 0.00000112. The first-order chi connectivity index (χ1) is 6.95. The van der Waals surface area contributed by atoms with Crippen molar-refractivity contribution in [2.24, 2.45) is 5.92 Å². The molecular formula is C12H26Cl2N2. The van der Waals surface area contributed by atoms with E-state index in [1.54, 1.807) is 0 Å². The Morgan fingerprint density at radius 3 is 2.19 bits per heavy atom. The lowest BCUT2D eigenvalue weighted by atomic mass is 9.94. The minimum atomic E-state index is 0. The molecule has 2 heterocycles. The highest BCUT2D eigenvalue weighted by molar-refractivity contribution is 5.85. The average Bonchev–Trinajstić information content (AvgIpc) is 2.29. The van der Waals surface area contributed by atoms with Crippen LogP contribution in [0.1, 0.15) is 38.5 Å². The second kappa shape index (κ2) is 9.52. The highest BCUT2D eigenvalue weighted by atomic mass is 35.5. The summed E-state index contributed by atoms with van der Waals surface area (Å²) in [5.41, 5.74) is 0. The van der Waals surface area contributed by atoms with Gasteiger partial charge in [0, 0.05) is 0 Å². The van der Waals surface area contributed by atoms with Crippen LogP contribution < -0.4 is 5.32 Å². The normalized spacial score (nSPS) is 23.2. The number of piperidine rings is 2. The molecule has 0 unspecified atom stereocenters. The zero-order chi connectivity index (χ0) is 9.64. The van der Waals surface area contributed by atoms with Gasteiger partial charge in [-0.2, -0.15) is 0 Å². The van der Waals surface area contributed by atoms with E-state index < -0.39 is 0 Å². The molecule has 0 aromatic carbocycles. The van der Waals surface area contributed by atoms with Crippen molar-refractivity contribution in [3.8, 4) is 0 Å². The van der Waals surface area contributed by atoms with Crippen molar-refractivity contribution in [2.45, 2.75) is 38.5 Å². The summed E-state index contributed by atoms with van der Waals surface area (Å²) in [6, 6.07) is 0. The van der Waals surface area contributed by atoms with Gasteiger partial charge in [0.1, 0.15) is 0 Å². The van der Waals surface area contributed by atoms with Gasteiger partial charge in [-0.15, -0.1) is 24.8 Å². The van der Waals surface area contributed by atoms with Gasteiger partial charge in [-0.3, -0.25) is 0 Å². The van der Waals surface area contributed by atoms with Gasteiger partial charge in [-0.1, -0.05) is 6.42 Å². The van der Waals surface area contributed by atoms with E-state index in [1.165, 1.54) is 71.2 Å². The first-order valence-electron chi connectivity index (χ1n) is 6.38. The van der Waals surface area contributed by atoms with Crippen LogP contribution in [0.4, 0.5) is 0 Å². The third kappa shape index (κ3) is 5.72. The van der Waals surface area contributed by atoms with Gasteiger partial charge < -0.3 is 10.2 Å². The van der Waals surface area contributed by atoms with E-state index in [-0.39, 0.29) is 24.8 Å². The Bertz CT molecular complexity index is 137. The second-order valence-electron chi connectivity index (χ2n) is 4.88. The minimum Gasteiger partial charge on any atom is -0.317 e. The lowest BCUT2D eigenvalue weighted by Gasteiger charge is -2.29. The first-order valence-corrected chi connectivity index (χ1v) is 6.38. The average molecular weight is 269 g/mol. The number of hydrogen-bond donors (Lipinski definition) is 1. The van der Waals surface area contributed by atoms with Crippen molar-refractivity contribution in [3.05, 3.63) is 0 Å². The number of nitrogens with zero attached hydrogens (tertiary/aromatic N) is 1. The smallest absolute Gasteiger partial charge is 0.00161 e. The summed E-state index contributed by atoms with van der Waals surface area (Å²) in [5, 5.41) is 3.44. The molecule has 0 saturated carbocycles. The van der Waals surface area contributed by atoms with Crippen LogP contribution in [0.25, 0.3) is 0 Å². The molecule has 0 bridgehead atoms. The third-order valence-electron chi connectivity index (χ3n) is 3.76. The quantitative estimate of drug-likeness (QED) is 0.847. The van der Waals surface area contributed by atoms with Crippen molar-refractivity contribution >= 4 is 24.8 Å². The highest BCUT2D eigenvalue weighted by Gasteiger charge is 2.15. The van der Waals surface area contributed by atoms with Crippen LogP contribution in [0.15, 0.2) is 0 Å². The van der Waals surface area contributed by atoms with E-state index in [0.717, 1.165) is 5.92 Å². The van der Waals surface area contributed by atoms with E-state index in [0.29, 0.717) is 0 Å². The van der Waals surface area contributed by atoms with Gasteiger partial charge >= 0.3 is 0 Å². The fourth-order valence-electron chi connectivity index (χ4n) is 2.72. The molecule has 0 radical (unpaired) electrons. The summed E-state index contributed by atoms with van der Waals surface area (Å²) in [6.45, 7) is 6.61. The van der Waals surface area contributed by atoms with E-state index in [1.807, 2.05) is 0 Å². The molecule has 0 amide bonds. The summed E-state index contributed by atoms with van der Waals surface area (Å²) < 4.78 is 0. The van der Waals surface area contributed by atoms with E-state index in [2.05, 4.69) is 10.2 Å². The van der Waals surface area contributed by atoms with Crippen LogP contribution in [0.3, 0.4) is 0 Å². The molecule has 98 valence electrons. The van der Waals surface area contributed by atoms with Crippen LogP contribution in [0.5, 0.6) is 0 Å². The van der Waals surface area contributed by atoms with Gasteiger partial charge in [0.15, 0.2) is 0 Å². The molecule has 16 heavy (non-hydrogen) atoms. The molecule has 2 rings (SSSR count). The molecule has 2 aliphatic heterocycles. The standard InChI is InChI=1S/C12H24N2.2ClH/c1-2-9-14(10-3-1)11-6-12-4-7-13-8-5-12;;/h12-13H,1-11H2;2*1H. The number of likely N-dealkylation sites (tertiary alicyclic amines) is 1. The van der Waals surface area contributed by atoms with Crippen molar-refractivity contribution in [1.82, 2.24) is 10.2 Å². The van der Waals surface area contributed by atoms with E-state index in [9.17, 15) is 0 Å². The SMILES string of the molecule is C1CCN(CCC2CCNCC2)CC1.Cl.Cl. The van der Waals surface area contributed by atoms with Crippen LogP contribution in [-0.2, 0) is 0 Å².